The number of carbonyl (C=O) groups is 3. The Morgan fingerprint density at radius 2 is 1.68 bits per heavy atom. The Hall–Kier alpha value is -3.13. The van der Waals surface area contributed by atoms with Crippen LogP contribution in [0.2, 0.25) is 0 Å². The van der Waals surface area contributed by atoms with Gasteiger partial charge in [0.2, 0.25) is 11.8 Å². The summed E-state index contributed by atoms with van der Waals surface area (Å²) in [5.74, 6) is -3.05. The van der Waals surface area contributed by atoms with Crippen LogP contribution >= 0.6 is 0 Å². The van der Waals surface area contributed by atoms with Crippen molar-refractivity contribution in [3.8, 4) is 0 Å². The summed E-state index contributed by atoms with van der Waals surface area (Å²) in [6.45, 7) is 5.57. The van der Waals surface area contributed by atoms with Gasteiger partial charge in [-0.25, -0.2) is 8.78 Å². The van der Waals surface area contributed by atoms with E-state index in [-0.39, 0.29) is 23.9 Å². The number of fused-ring (bicyclic) bond motifs is 1. The molecule has 6 nitrogen and oxygen atoms in total. The minimum atomic E-state index is -1.00. The van der Waals surface area contributed by atoms with Crippen molar-refractivity contribution in [3.63, 3.8) is 0 Å². The molecule has 1 aliphatic heterocycles. The van der Waals surface area contributed by atoms with Gasteiger partial charge in [0.25, 0.3) is 0 Å². The highest BCUT2D eigenvalue weighted by Gasteiger charge is 2.40. The molecule has 34 heavy (non-hydrogen) atoms. The zero-order chi connectivity index (χ0) is 25.0. The number of hydrogen-bond acceptors (Lipinski definition) is 4. The third-order valence-electron chi connectivity index (χ3n) is 6.34. The van der Waals surface area contributed by atoms with E-state index in [0.29, 0.717) is 12.0 Å². The van der Waals surface area contributed by atoms with Gasteiger partial charge in [-0.2, -0.15) is 0 Å². The fraction of sp³-hybridized carbons (Fsp3) is 0.423. The molecule has 2 aromatic rings. The average Bonchev–Trinajstić information content (AvgIpc) is 2.82. The Bertz CT molecular complexity index is 1050. The number of carbonyl (C=O) groups excluding carboxylic acids is 3. The van der Waals surface area contributed by atoms with E-state index in [1.807, 2.05) is 26.0 Å². The molecule has 0 aliphatic carbocycles. The van der Waals surface area contributed by atoms with Gasteiger partial charge in [0, 0.05) is 18.5 Å². The summed E-state index contributed by atoms with van der Waals surface area (Å²) in [4.78, 5) is 41.1. The van der Waals surface area contributed by atoms with Crippen molar-refractivity contribution in [2.24, 2.45) is 5.92 Å². The Balaban J connectivity index is 1.97. The summed E-state index contributed by atoms with van der Waals surface area (Å²) in [6, 6.07) is 8.37. The highest BCUT2D eigenvalue weighted by Crippen LogP contribution is 2.33. The molecule has 0 saturated heterocycles. The van der Waals surface area contributed by atoms with E-state index in [4.69, 9.17) is 0 Å². The van der Waals surface area contributed by atoms with Crippen LogP contribution in [0.25, 0.3) is 0 Å². The molecule has 0 fully saturated rings. The smallest absolute Gasteiger partial charge is 0.246 e. The molecule has 8 heteroatoms. The second-order valence-electron chi connectivity index (χ2n) is 8.97. The first-order valence-electron chi connectivity index (χ1n) is 11.5. The molecule has 2 aromatic carbocycles. The van der Waals surface area contributed by atoms with E-state index in [1.54, 1.807) is 26.1 Å². The van der Waals surface area contributed by atoms with Crippen molar-refractivity contribution < 1.29 is 23.2 Å². The van der Waals surface area contributed by atoms with Gasteiger partial charge >= 0.3 is 0 Å². The number of hydrogen-bond donors (Lipinski definition) is 2. The molecule has 2 N–H and O–H groups in total. The lowest BCUT2D eigenvalue weighted by atomic mass is 9.87. The molecule has 0 saturated carbocycles. The van der Waals surface area contributed by atoms with Crippen LogP contribution in [0.15, 0.2) is 42.5 Å². The van der Waals surface area contributed by atoms with Crippen molar-refractivity contribution in [3.05, 3.63) is 70.8 Å². The number of ketones is 1. The summed E-state index contributed by atoms with van der Waals surface area (Å²) in [7, 11) is 1.65. The number of halogens is 2. The lowest BCUT2D eigenvalue weighted by Gasteiger charge is -2.39. The third-order valence-corrected chi connectivity index (χ3v) is 6.34. The van der Waals surface area contributed by atoms with E-state index >= 15 is 0 Å². The fourth-order valence-electron chi connectivity index (χ4n) is 4.22. The number of likely N-dealkylation sites (N-methyl/N-ethyl adjacent to an activating group) is 1. The predicted octanol–water partition coefficient (Wildman–Crippen LogP) is 2.95. The molecular formula is C26H31F2N3O3. The van der Waals surface area contributed by atoms with Gasteiger partial charge in [0.1, 0.15) is 23.7 Å². The number of Topliss-reactive ketones (excluding diaryl/α,β-unsaturated/α-hetero) is 1. The van der Waals surface area contributed by atoms with Crippen LogP contribution < -0.4 is 10.6 Å². The molecule has 1 heterocycles. The van der Waals surface area contributed by atoms with Crippen LogP contribution in [0, 0.1) is 17.6 Å². The van der Waals surface area contributed by atoms with Gasteiger partial charge in [-0.3, -0.25) is 14.4 Å². The molecule has 3 atom stereocenters. The quantitative estimate of drug-likeness (QED) is 0.621. The second kappa shape index (κ2) is 10.9. The maximum atomic E-state index is 14.3. The predicted molar refractivity (Wildman–Crippen MR) is 125 cm³/mol. The Morgan fingerprint density at radius 1 is 1.03 bits per heavy atom. The molecule has 0 radical (unpaired) electrons. The Labute approximate surface area is 198 Å². The fourth-order valence-corrected chi connectivity index (χ4v) is 4.22. The Morgan fingerprint density at radius 3 is 2.29 bits per heavy atom. The summed E-state index contributed by atoms with van der Waals surface area (Å²) >= 11 is 0. The number of amides is 2. The van der Waals surface area contributed by atoms with Gasteiger partial charge in [-0.15, -0.1) is 0 Å². The molecule has 0 spiro atoms. The monoisotopic (exact) mass is 471 g/mol. The van der Waals surface area contributed by atoms with Crippen molar-refractivity contribution in [2.45, 2.75) is 51.7 Å². The van der Waals surface area contributed by atoms with Crippen LogP contribution in [0.5, 0.6) is 0 Å². The van der Waals surface area contributed by atoms with Crippen LogP contribution in [0.4, 0.5) is 8.78 Å². The maximum absolute atomic E-state index is 14.3. The number of nitrogens with one attached hydrogen (secondary N) is 2. The number of benzene rings is 2. The van der Waals surface area contributed by atoms with E-state index in [2.05, 4.69) is 10.6 Å². The minimum Gasteiger partial charge on any atom is -0.343 e. The lowest BCUT2D eigenvalue weighted by Crippen LogP contribution is -2.57. The highest BCUT2D eigenvalue weighted by atomic mass is 19.1. The second-order valence-corrected chi connectivity index (χ2v) is 8.97. The van der Waals surface area contributed by atoms with E-state index in [0.717, 1.165) is 17.7 Å². The topological polar surface area (TPSA) is 78.5 Å². The minimum absolute atomic E-state index is 0.238. The van der Waals surface area contributed by atoms with Crippen LogP contribution in [-0.4, -0.2) is 48.2 Å². The van der Waals surface area contributed by atoms with Crippen LogP contribution in [0.1, 0.15) is 43.5 Å². The van der Waals surface area contributed by atoms with Gasteiger partial charge in [-0.1, -0.05) is 44.2 Å². The Kier molecular flexibility index (Phi) is 8.15. The molecule has 2 amide bonds. The highest BCUT2D eigenvalue weighted by molar-refractivity contribution is 5.95. The van der Waals surface area contributed by atoms with Crippen molar-refractivity contribution in [1.82, 2.24) is 15.5 Å². The van der Waals surface area contributed by atoms with Crippen molar-refractivity contribution in [1.29, 1.82) is 0 Å². The average molecular weight is 472 g/mol. The first kappa shape index (κ1) is 25.5. The first-order chi connectivity index (χ1) is 16.1. The molecule has 0 bridgehead atoms. The van der Waals surface area contributed by atoms with Crippen molar-refractivity contribution >= 4 is 17.6 Å². The normalized spacial score (nSPS) is 17.1. The van der Waals surface area contributed by atoms with Gasteiger partial charge < -0.3 is 15.5 Å². The number of nitrogens with zero attached hydrogens (tertiary/aromatic N) is 1. The largest absolute Gasteiger partial charge is 0.343 e. The van der Waals surface area contributed by atoms with Gasteiger partial charge in [0.05, 0.1) is 6.04 Å². The SMILES string of the molecule is CN[C@@H](C)C(=O)N[C@H](C(=O)N1CCc2ccccc2[C@H]1C(=O)Cc1c(F)cccc1F)C(C)C. The standard InChI is InChI=1S/C26H31F2N3O3/c1-15(2)23(30-25(33)16(3)29-4)26(34)31-13-12-17-8-5-6-9-18(17)24(31)22(32)14-19-20(27)10-7-11-21(19)28/h5-11,15-16,23-24,29H,12-14H2,1-4H3,(H,30,33)/t16-,23-,24-/m0/s1. The molecule has 0 unspecified atom stereocenters. The zero-order valence-electron chi connectivity index (χ0n) is 19.9. The molecule has 3 rings (SSSR count). The number of rotatable bonds is 8. The molecule has 1 aliphatic rings. The van der Waals surface area contributed by atoms with E-state index < -0.39 is 47.9 Å². The third kappa shape index (κ3) is 5.33. The van der Waals surface area contributed by atoms with Gasteiger partial charge in [-0.05, 0) is 49.6 Å². The molecular weight excluding hydrogens is 440 g/mol. The van der Waals surface area contributed by atoms with E-state index in [1.165, 1.54) is 11.0 Å². The molecule has 182 valence electrons. The van der Waals surface area contributed by atoms with Crippen molar-refractivity contribution in [2.75, 3.05) is 13.6 Å². The summed E-state index contributed by atoms with van der Waals surface area (Å²) in [6.07, 6.45) is 0.0439. The summed E-state index contributed by atoms with van der Waals surface area (Å²) in [5.41, 5.74) is 1.23. The molecule has 0 aromatic heterocycles. The first-order valence-corrected chi connectivity index (χ1v) is 11.5. The van der Waals surface area contributed by atoms with E-state index in [9.17, 15) is 23.2 Å². The van der Waals surface area contributed by atoms with Crippen LogP contribution in [-0.2, 0) is 27.2 Å². The van der Waals surface area contributed by atoms with Crippen LogP contribution in [0.3, 0.4) is 0 Å². The van der Waals surface area contributed by atoms with Gasteiger partial charge in [0.15, 0.2) is 5.78 Å². The summed E-state index contributed by atoms with van der Waals surface area (Å²) in [5, 5.41) is 5.63. The zero-order valence-corrected chi connectivity index (χ0v) is 19.9. The maximum Gasteiger partial charge on any atom is 0.246 e. The lowest BCUT2D eigenvalue weighted by molar-refractivity contribution is -0.144. The summed E-state index contributed by atoms with van der Waals surface area (Å²) < 4.78 is 28.6.